The second-order valence-corrected chi connectivity index (χ2v) is 7.36. The Morgan fingerprint density at radius 3 is 2.20 bits per heavy atom. The van der Waals surface area contributed by atoms with Crippen molar-refractivity contribution in [3.8, 4) is 11.1 Å². The SMILES string of the molecule is O=C(NCC(O)c1ccc(N2CCOCC2)cc1)c1ccc(-c2ccccc2)cc1. The van der Waals surface area contributed by atoms with Crippen molar-refractivity contribution in [1.29, 1.82) is 0 Å². The van der Waals surface area contributed by atoms with E-state index in [-0.39, 0.29) is 12.5 Å². The fourth-order valence-corrected chi connectivity index (χ4v) is 3.58. The Labute approximate surface area is 176 Å². The first-order valence-corrected chi connectivity index (χ1v) is 10.2. The molecule has 0 bridgehead atoms. The summed E-state index contributed by atoms with van der Waals surface area (Å²) in [6, 6.07) is 25.4. The highest BCUT2D eigenvalue weighted by atomic mass is 16.5. The third kappa shape index (κ3) is 4.87. The number of nitrogens with zero attached hydrogens (tertiary/aromatic N) is 1. The molecule has 0 saturated carbocycles. The molecule has 0 spiro atoms. The van der Waals surface area contributed by atoms with Gasteiger partial charge in [0.1, 0.15) is 0 Å². The van der Waals surface area contributed by atoms with Crippen molar-refractivity contribution in [3.63, 3.8) is 0 Å². The summed E-state index contributed by atoms with van der Waals surface area (Å²) in [6.07, 6.45) is -0.753. The van der Waals surface area contributed by atoms with Crippen LogP contribution in [-0.2, 0) is 4.74 Å². The van der Waals surface area contributed by atoms with Crippen LogP contribution in [0, 0.1) is 0 Å². The van der Waals surface area contributed by atoms with Crippen LogP contribution in [0.4, 0.5) is 5.69 Å². The number of anilines is 1. The monoisotopic (exact) mass is 402 g/mol. The van der Waals surface area contributed by atoms with Gasteiger partial charge in [-0.2, -0.15) is 0 Å². The van der Waals surface area contributed by atoms with Crippen LogP contribution in [0.2, 0.25) is 0 Å². The summed E-state index contributed by atoms with van der Waals surface area (Å²) in [6.45, 7) is 3.39. The largest absolute Gasteiger partial charge is 0.387 e. The van der Waals surface area contributed by atoms with Gasteiger partial charge in [0.2, 0.25) is 0 Å². The molecular weight excluding hydrogens is 376 g/mol. The third-order valence-corrected chi connectivity index (χ3v) is 5.36. The molecule has 154 valence electrons. The van der Waals surface area contributed by atoms with E-state index in [0.717, 1.165) is 48.7 Å². The molecule has 30 heavy (non-hydrogen) atoms. The molecule has 1 heterocycles. The van der Waals surface area contributed by atoms with Crippen LogP contribution in [-0.4, -0.2) is 43.9 Å². The van der Waals surface area contributed by atoms with Gasteiger partial charge < -0.3 is 20.1 Å². The summed E-state index contributed by atoms with van der Waals surface area (Å²) in [5, 5.41) is 13.3. The third-order valence-electron chi connectivity index (χ3n) is 5.36. The van der Waals surface area contributed by atoms with Gasteiger partial charge in [0.15, 0.2) is 0 Å². The molecule has 5 nitrogen and oxygen atoms in total. The van der Waals surface area contributed by atoms with E-state index in [9.17, 15) is 9.90 Å². The lowest BCUT2D eigenvalue weighted by Gasteiger charge is -2.29. The summed E-state index contributed by atoms with van der Waals surface area (Å²) >= 11 is 0. The van der Waals surface area contributed by atoms with Crippen molar-refractivity contribution in [1.82, 2.24) is 5.32 Å². The maximum Gasteiger partial charge on any atom is 0.251 e. The highest BCUT2D eigenvalue weighted by Gasteiger charge is 2.14. The summed E-state index contributed by atoms with van der Waals surface area (Å²) in [5.74, 6) is -0.196. The summed E-state index contributed by atoms with van der Waals surface area (Å²) in [4.78, 5) is 14.7. The van der Waals surface area contributed by atoms with Crippen LogP contribution in [0.15, 0.2) is 78.9 Å². The van der Waals surface area contributed by atoms with E-state index in [1.54, 1.807) is 12.1 Å². The van der Waals surface area contributed by atoms with Crippen LogP contribution in [0.25, 0.3) is 11.1 Å². The number of hydrogen-bond acceptors (Lipinski definition) is 4. The van der Waals surface area contributed by atoms with Gasteiger partial charge in [-0.1, -0.05) is 54.6 Å². The predicted molar refractivity (Wildman–Crippen MR) is 119 cm³/mol. The molecule has 0 aromatic heterocycles. The Morgan fingerprint density at radius 2 is 1.53 bits per heavy atom. The Hall–Kier alpha value is -3.15. The summed E-state index contributed by atoms with van der Waals surface area (Å²) < 4.78 is 5.38. The Kier molecular flexibility index (Phi) is 6.42. The number of carbonyl (C=O) groups is 1. The molecule has 2 N–H and O–H groups in total. The minimum Gasteiger partial charge on any atom is -0.387 e. The molecule has 3 aromatic carbocycles. The molecule has 0 radical (unpaired) electrons. The molecule has 0 aliphatic carbocycles. The molecule has 1 unspecified atom stereocenters. The minimum atomic E-state index is -0.753. The van der Waals surface area contributed by atoms with Crippen molar-refractivity contribution in [2.75, 3.05) is 37.7 Å². The minimum absolute atomic E-state index is 0.163. The van der Waals surface area contributed by atoms with E-state index in [2.05, 4.69) is 10.2 Å². The quantitative estimate of drug-likeness (QED) is 0.661. The number of morpholine rings is 1. The average molecular weight is 402 g/mol. The van der Waals surface area contributed by atoms with Gasteiger partial charge in [0.05, 0.1) is 19.3 Å². The number of carbonyl (C=O) groups excluding carboxylic acids is 1. The van der Waals surface area contributed by atoms with Crippen molar-refractivity contribution in [2.45, 2.75) is 6.10 Å². The fourth-order valence-electron chi connectivity index (χ4n) is 3.58. The maximum atomic E-state index is 12.4. The molecule has 1 aliphatic heterocycles. The molecule has 5 heteroatoms. The maximum absolute atomic E-state index is 12.4. The van der Waals surface area contributed by atoms with Crippen LogP contribution in [0.3, 0.4) is 0 Å². The van der Waals surface area contributed by atoms with Gasteiger partial charge in [-0.15, -0.1) is 0 Å². The summed E-state index contributed by atoms with van der Waals surface area (Å²) in [5.41, 5.74) is 4.65. The van der Waals surface area contributed by atoms with E-state index in [1.165, 1.54) is 0 Å². The number of aliphatic hydroxyl groups is 1. The number of hydrogen-bond donors (Lipinski definition) is 2. The van der Waals surface area contributed by atoms with Gasteiger partial charge in [0.25, 0.3) is 5.91 Å². The van der Waals surface area contributed by atoms with Crippen LogP contribution in [0.1, 0.15) is 22.0 Å². The highest BCUT2D eigenvalue weighted by Crippen LogP contribution is 2.21. The van der Waals surface area contributed by atoms with E-state index in [0.29, 0.717) is 5.56 Å². The normalized spacial score (nSPS) is 14.9. The molecule has 1 aliphatic rings. The molecule has 1 fully saturated rings. The molecule has 3 aromatic rings. The topological polar surface area (TPSA) is 61.8 Å². The number of amides is 1. The summed E-state index contributed by atoms with van der Waals surface area (Å²) in [7, 11) is 0. The lowest BCUT2D eigenvalue weighted by atomic mass is 10.0. The number of ether oxygens (including phenoxy) is 1. The van der Waals surface area contributed by atoms with Gasteiger partial charge in [0, 0.05) is 30.9 Å². The van der Waals surface area contributed by atoms with Crippen molar-refractivity contribution in [2.24, 2.45) is 0 Å². The van der Waals surface area contributed by atoms with E-state index < -0.39 is 6.10 Å². The molecule has 4 rings (SSSR count). The second kappa shape index (κ2) is 9.57. The Bertz CT molecular complexity index is 950. The standard InChI is InChI=1S/C25H26N2O3/c28-24(21-10-12-23(13-11-21)27-14-16-30-17-15-27)18-26-25(29)22-8-6-20(7-9-22)19-4-2-1-3-5-19/h1-13,24,28H,14-18H2,(H,26,29). The first-order chi connectivity index (χ1) is 14.7. The van der Waals surface area contributed by atoms with Crippen molar-refractivity contribution >= 4 is 11.6 Å². The Balaban J connectivity index is 1.32. The fraction of sp³-hybridized carbons (Fsp3) is 0.240. The van der Waals surface area contributed by atoms with Gasteiger partial charge in [-0.3, -0.25) is 4.79 Å². The van der Waals surface area contributed by atoms with E-state index in [4.69, 9.17) is 4.74 Å². The molecule has 1 atom stereocenters. The van der Waals surface area contributed by atoms with Crippen LogP contribution < -0.4 is 10.2 Å². The lowest BCUT2D eigenvalue weighted by Crippen LogP contribution is -2.36. The zero-order valence-corrected chi connectivity index (χ0v) is 16.8. The lowest BCUT2D eigenvalue weighted by molar-refractivity contribution is 0.0916. The van der Waals surface area contributed by atoms with Crippen molar-refractivity contribution < 1.29 is 14.6 Å². The van der Waals surface area contributed by atoms with Crippen LogP contribution in [0.5, 0.6) is 0 Å². The Morgan fingerprint density at radius 1 is 0.900 bits per heavy atom. The van der Waals surface area contributed by atoms with E-state index in [1.807, 2.05) is 66.7 Å². The first kappa shape index (κ1) is 20.1. The van der Waals surface area contributed by atoms with Gasteiger partial charge >= 0.3 is 0 Å². The zero-order valence-electron chi connectivity index (χ0n) is 16.8. The average Bonchev–Trinajstić information content (AvgIpc) is 2.83. The molecular formula is C25H26N2O3. The van der Waals surface area contributed by atoms with Gasteiger partial charge in [-0.25, -0.2) is 0 Å². The van der Waals surface area contributed by atoms with Crippen molar-refractivity contribution in [3.05, 3.63) is 90.0 Å². The zero-order chi connectivity index (χ0) is 20.8. The number of benzene rings is 3. The smallest absolute Gasteiger partial charge is 0.251 e. The van der Waals surface area contributed by atoms with Gasteiger partial charge in [-0.05, 0) is 41.0 Å². The highest BCUT2D eigenvalue weighted by molar-refractivity contribution is 5.94. The van der Waals surface area contributed by atoms with Crippen LogP contribution >= 0.6 is 0 Å². The first-order valence-electron chi connectivity index (χ1n) is 10.2. The number of rotatable bonds is 6. The molecule has 1 saturated heterocycles. The molecule has 1 amide bonds. The predicted octanol–water partition coefficient (Wildman–Crippen LogP) is 3.65. The van der Waals surface area contributed by atoms with E-state index >= 15 is 0 Å². The number of nitrogens with one attached hydrogen (secondary N) is 1. The second-order valence-electron chi connectivity index (χ2n) is 7.36. The number of aliphatic hydroxyl groups excluding tert-OH is 1.